The van der Waals surface area contributed by atoms with Crippen LogP contribution in [0.25, 0.3) is 0 Å². The third kappa shape index (κ3) is 3.51. The van der Waals surface area contributed by atoms with E-state index >= 15 is 0 Å². The number of hydrogen-bond donors (Lipinski definition) is 0. The van der Waals surface area contributed by atoms with E-state index in [2.05, 4.69) is 32.0 Å². The van der Waals surface area contributed by atoms with E-state index < -0.39 is 0 Å². The van der Waals surface area contributed by atoms with Crippen molar-refractivity contribution in [2.24, 2.45) is 0 Å². The van der Waals surface area contributed by atoms with Crippen molar-refractivity contribution in [3.8, 4) is 5.75 Å². The van der Waals surface area contributed by atoms with Gasteiger partial charge in [0, 0.05) is 5.88 Å². The van der Waals surface area contributed by atoms with Crippen LogP contribution in [0.5, 0.6) is 5.75 Å². The molecular formula is C17H19ClO. The molecule has 19 heavy (non-hydrogen) atoms. The van der Waals surface area contributed by atoms with Crippen molar-refractivity contribution in [3.63, 3.8) is 0 Å². The van der Waals surface area contributed by atoms with Gasteiger partial charge >= 0.3 is 0 Å². The minimum absolute atomic E-state index is 0.0995. The van der Waals surface area contributed by atoms with Gasteiger partial charge < -0.3 is 4.74 Å². The quantitative estimate of drug-likeness (QED) is 0.676. The van der Waals surface area contributed by atoms with Crippen molar-refractivity contribution in [3.05, 3.63) is 65.2 Å². The maximum absolute atomic E-state index is 6.09. The molecule has 0 aromatic heterocycles. The molecule has 2 rings (SSSR count). The lowest BCUT2D eigenvalue weighted by atomic mass is 10.1. The molecule has 0 aliphatic rings. The van der Waals surface area contributed by atoms with Gasteiger partial charge in [-0.3, -0.25) is 0 Å². The largest absolute Gasteiger partial charge is 0.486 e. The SMILES string of the molecule is CC[C@H](Oc1ccc(CCl)c(C)c1)c1ccccc1. The zero-order chi connectivity index (χ0) is 13.7. The van der Waals surface area contributed by atoms with Gasteiger partial charge in [0.15, 0.2) is 0 Å². The highest BCUT2D eigenvalue weighted by Gasteiger charge is 2.11. The van der Waals surface area contributed by atoms with Gasteiger partial charge in [-0.15, -0.1) is 11.6 Å². The maximum Gasteiger partial charge on any atom is 0.123 e. The number of alkyl halides is 1. The van der Waals surface area contributed by atoms with Crippen LogP contribution < -0.4 is 4.74 Å². The highest BCUT2D eigenvalue weighted by atomic mass is 35.5. The van der Waals surface area contributed by atoms with Gasteiger partial charge in [0.1, 0.15) is 11.9 Å². The van der Waals surface area contributed by atoms with Crippen LogP contribution >= 0.6 is 11.6 Å². The van der Waals surface area contributed by atoms with Gasteiger partial charge in [0.2, 0.25) is 0 Å². The molecule has 2 aromatic rings. The van der Waals surface area contributed by atoms with Crippen LogP contribution in [0.1, 0.15) is 36.1 Å². The molecule has 0 heterocycles. The molecule has 100 valence electrons. The third-order valence-corrected chi connectivity index (χ3v) is 3.57. The summed E-state index contributed by atoms with van der Waals surface area (Å²) in [6, 6.07) is 16.4. The Kier molecular flexibility index (Phi) is 4.86. The first-order valence-electron chi connectivity index (χ1n) is 6.61. The molecule has 0 aliphatic heterocycles. The highest BCUT2D eigenvalue weighted by Crippen LogP contribution is 2.26. The Morgan fingerprint density at radius 3 is 2.42 bits per heavy atom. The van der Waals surface area contributed by atoms with Crippen molar-refractivity contribution < 1.29 is 4.74 Å². The summed E-state index contributed by atoms with van der Waals surface area (Å²) in [7, 11) is 0. The molecule has 1 atom stereocenters. The summed E-state index contributed by atoms with van der Waals surface area (Å²) in [5, 5.41) is 0. The van der Waals surface area contributed by atoms with Crippen LogP contribution in [0, 0.1) is 6.92 Å². The van der Waals surface area contributed by atoms with E-state index in [4.69, 9.17) is 16.3 Å². The minimum Gasteiger partial charge on any atom is -0.486 e. The molecule has 1 nitrogen and oxygen atoms in total. The van der Waals surface area contributed by atoms with Gasteiger partial charge in [0.05, 0.1) is 0 Å². The second-order valence-corrected chi connectivity index (χ2v) is 4.91. The molecule has 0 saturated carbocycles. The lowest BCUT2D eigenvalue weighted by molar-refractivity contribution is 0.201. The average molecular weight is 275 g/mol. The number of halogens is 1. The first-order chi connectivity index (χ1) is 9.24. The van der Waals surface area contributed by atoms with Gasteiger partial charge in [-0.2, -0.15) is 0 Å². The number of ether oxygens (including phenoxy) is 1. The van der Waals surface area contributed by atoms with Crippen molar-refractivity contribution in [1.82, 2.24) is 0 Å². The van der Waals surface area contributed by atoms with E-state index in [-0.39, 0.29) is 6.10 Å². The number of rotatable bonds is 5. The Morgan fingerprint density at radius 2 is 1.84 bits per heavy atom. The normalized spacial score (nSPS) is 12.2. The predicted molar refractivity (Wildman–Crippen MR) is 80.8 cm³/mol. The van der Waals surface area contributed by atoms with Crippen molar-refractivity contribution >= 4 is 11.6 Å². The molecule has 0 fully saturated rings. The second-order valence-electron chi connectivity index (χ2n) is 4.65. The Morgan fingerprint density at radius 1 is 1.11 bits per heavy atom. The predicted octanol–water partition coefficient (Wildman–Crippen LogP) is 5.26. The molecule has 0 spiro atoms. The van der Waals surface area contributed by atoms with Crippen LogP contribution in [0.15, 0.2) is 48.5 Å². The van der Waals surface area contributed by atoms with Crippen molar-refractivity contribution in [1.29, 1.82) is 0 Å². The first kappa shape index (κ1) is 14.0. The summed E-state index contributed by atoms with van der Waals surface area (Å²) < 4.78 is 6.09. The molecule has 0 radical (unpaired) electrons. The zero-order valence-corrected chi connectivity index (χ0v) is 12.2. The average Bonchev–Trinajstić information content (AvgIpc) is 2.46. The topological polar surface area (TPSA) is 9.23 Å². The summed E-state index contributed by atoms with van der Waals surface area (Å²) >= 11 is 5.87. The standard InChI is InChI=1S/C17H19ClO/c1-3-17(14-7-5-4-6-8-14)19-16-10-9-15(12-18)13(2)11-16/h4-11,17H,3,12H2,1-2H3/t17-/m0/s1. The lowest BCUT2D eigenvalue weighted by Crippen LogP contribution is -2.06. The smallest absolute Gasteiger partial charge is 0.123 e. The second kappa shape index (κ2) is 6.63. The fraction of sp³-hybridized carbons (Fsp3) is 0.294. The summed E-state index contributed by atoms with van der Waals surface area (Å²) in [5.41, 5.74) is 3.54. The summed E-state index contributed by atoms with van der Waals surface area (Å²) in [5.74, 6) is 1.45. The van der Waals surface area contributed by atoms with E-state index in [1.54, 1.807) is 0 Å². The van der Waals surface area contributed by atoms with Crippen LogP contribution in [-0.4, -0.2) is 0 Å². The summed E-state index contributed by atoms with van der Waals surface area (Å²) in [6.45, 7) is 4.20. The molecule has 0 N–H and O–H groups in total. The molecule has 0 aliphatic carbocycles. The molecule has 0 amide bonds. The van der Waals surface area contributed by atoms with E-state index in [1.165, 1.54) is 11.1 Å². The van der Waals surface area contributed by atoms with Crippen LogP contribution in [0.2, 0.25) is 0 Å². The summed E-state index contributed by atoms with van der Waals surface area (Å²) in [6.07, 6.45) is 1.04. The lowest BCUT2D eigenvalue weighted by Gasteiger charge is -2.18. The Bertz CT molecular complexity index is 522. The number of benzene rings is 2. The Balaban J connectivity index is 2.17. The Hall–Kier alpha value is -1.47. The van der Waals surface area contributed by atoms with E-state index in [0.717, 1.165) is 17.7 Å². The monoisotopic (exact) mass is 274 g/mol. The van der Waals surface area contributed by atoms with E-state index in [0.29, 0.717) is 5.88 Å². The summed E-state index contributed by atoms with van der Waals surface area (Å²) in [4.78, 5) is 0. The van der Waals surface area contributed by atoms with Gasteiger partial charge in [0.25, 0.3) is 0 Å². The van der Waals surface area contributed by atoms with Gasteiger partial charge in [-0.05, 0) is 42.2 Å². The molecular weight excluding hydrogens is 256 g/mol. The molecule has 2 aromatic carbocycles. The molecule has 0 bridgehead atoms. The fourth-order valence-electron chi connectivity index (χ4n) is 2.11. The highest BCUT2D eigenvalue weighted by molar-refractivity contribution is 6.17. The third-order valence-electron chi connectivity index (χ3n) is 3.28. The molecule has 0 saturated heterocycles. The van der Waals surface area contributed by atoms with Crippen LogP contribution in [0.3, 0.4) is 0 Å². The number of hydrogen-bond acceptors (Lipinski definition) is 1. The van der Waals surface area contributed by atoms with Gasteiger partial charge in [-0.25, -0.2) is 0 Å². The molecule has 0 unspecified atom stereocenters. The molecule has 2 heteroatoms. The Labute approximate surface area is 120 Å². The van der Waals surface area contributed by atoms with E-state index in [1.807, 2.05) is 30.3 Å². The van der Waals surface area contributed by atoms with Gasteiger partial charge in [-0.1, -0.05) is 43.3 Å². The number of aryl methyl sites for hydroxylation is 1. The maximum atomic E-state index is 6.09. The minimum atomic E-state index is 0.0995. The van der Waals surface area contributed by atoms with Crippen molar-refractivity contribution in [2.75, 3.05) is 0 Å². The first-order valence-corrected chi connectivity index (χ1v) is 7.15. The van der Waals surface area contributed by atoms with Crippen LogP contribution in [-0.2, 0) is 5.88 Å². The van der Waals surface area contributed by atoms with Crippen LogP contribution in [0.4, 0.5) is 0 Å². The zero-order valence-electron chi connectivity index (χ0n) is 11.4. The van der Waals surface area contributed by atoms with E-state index in [9.17, 15) is 0 Å². The fourth-order valence-corrected chi connectivity index (χ4v) is 2.41. The van der Waals surface area contributed by atoms with Crippen molar-refractivity contribution in [2.45, 2.75) is 32.3 Å².